The van der Waals surface area contributed by atoms with Crippen molar-refractivity contribution in [2.24, 2.45) is 5.92 Å². The number of nitrogens with two attached hydrogens (primary N) is 1. The van der Waals surface area contributed by atoms with Gasteiger partial charge in [0.2, 0.25) is 0 Å². The van der Waals surface area contributed by atoms with Gasteiger partial charge in [0.05, 0.1) is 0 Å². The van der Waals surface area contributed by atoms with Crippen LogP contribution in [-0.4, -0.2) is 11.7 Å². The van der Waals surface area contributed by atoms with E-state index in [1.54, 1.807) is 6.07 Å². The van der Waals surface area contributed by atoms with Crippen LogP contribution < -0.4 is 11.1 Å². The number of hydrogen-bond donors (Lipinski definition) is 3. The summed E-state index contributed by atoms with van der Waals surface area (Å²) in [6, 6.07) is 3.93. The number of nitrogens with one attached hydrogen (secondary N) is 1. The normalized spacial score (nSPS) is 20.3. The summed E-state index contributed by atoms with van der Waals surface area (Å²) in [5.41, 5.74) is 8.61. The number of fused-ring (bicyclic) bond motifs is 1. The maximum absolute atomic E-state index is 9.83. The first kappa shape index (κ1) is 10.3. The molecule has 0 amide bonds. The summed E-state index contributed by atoms with van der Waals surface area (Å²) < 4.78 is 0. The van der Waals surface area contributed by atoms with Crippen molar-refractivity contribution in [2.75, 3.05) is 12.3 Å². The highest BCUT2D eigenvalue weighted by molar-refractivity contribution is 5.54. The Morgan fingerprint density at radius 2 is 2.20 bits per heavy atom. The Balaban J connectivity index is 2.50. The molecule has 0 saturated carbocycles. The topological polar surface area (TPSA) is 58.3 Å². The van der Waals surface area contributed by atoms with E-state index >= 15 is 0 Å². The van der Waals surface area contributed by atoms with Crippen molar-refractivity contribution in [3.05, 3.63) is 23.3 Å². The predicted octanol–water partition coefficient (Wildman–Crippen LogP) is 1.82. The second-order valence-electron chi connectivity index (χ2n) is 4.53. The first-order valence-corrected chi connectivity index (χ1v) is 5.44. The minimum Gasteiger partial charge on any atom is -0.508 e. The van der Waals surface area contributed by atoms with Crippen molar-refractivity contribution in [1.82, 2.24) is 5.32 Å². The zero-order valence-electron chi connectivity index (χ0n) is 9.25. The monoisotopic (exact) mass is 206 g/mol. The van der Waals surface area contributed by atoms with E-state index in [1.165, 1.54) is 0 Å². The van der Waals surface area contributed by atoms with E-state index in [0.29, 0.717) is 23.4 Å². The largest absolute Gasteiger partial charge is 0.508 e. The van der Waals surface area contributed by atoms with Crippen molar-refractivity contribution in [1.29, 1.82) is 0 Å². The summed E-state index contributed by atoms with van der Waals surface area (Å²) >= 11 is 0. The van der Waals surface area contributed by atoms with E-state index in [1.807, 2.05) is 6.07 Å². The van der Waals surface area contributed by atoms with Gasteiger partial charge in [-0.15, -0.1) is 0 Å². The van der Waals surface area contributed by atoms with Crippen molar-refractivity contribution in [3.8, 4) is 5.75 Å². The van der Waals surface area contributed by atoms with Gasteiger partial charge in [0.15, 0.2) is 0 Å². The molecule has 0 aliphatic carbocycles. The highest BCUT2D eigenvalue weighted by atomic mass is 16.3. The molecule has 1 heterocycles. The van der Waals surface area contributed by atoms with E-state index in [0.717, 1.165) is 24.1 Å². The Morgan fingerprint density at radius 3 is 2.87 bits per heavy atom. The van der Waals surface area contributed by atoms with Crippen LogP contribution in [0.2, 0.25) is 0 Å². The number of phenolic OH excluding ortho intramolecular Hbond substituents is 1. The van der Waals surface area contributed by atoms with Crippen LogP contribution in [0.5, 0.6) is 5.75 Å². The lowest BCUT2D eigenvalue weighted by atomic mass is 9.87. The van der Waals surface area contributed by atoms with E-state index in [-0.39, 0.29) is 0 Å². The van der Waals surface area contributed by atoms with Crippen molar-refractivity contribution in [3.63, 3.8) is 0 Å². The third-order valence-corrected chi connectivity index (χ3v) is 3.02. The fourth-order valence-corrected chi connectivity index (χ4v) is 2.31. The van der Waals surface area contributed by atoms with Crippen LogP contribution in [0.25, 0.3) is 0 Å². The SMILES string of the molecule is CC(C)C1NCCc2c(O)cc(N)cc21. The third kappa shape index (κ3) is 1.79. The summed E-state index contributed by atoms with van der Waals surface area (Å²) in [6.45, 7) is 5.27. The lowest BCUT2D eigenvalue weighted by Crippen LogP contribution is -2.33. The van der Waals surface area contributed by atoms with Crippen LogP contribution in [0.1, 0.15) is 31.0 Å². The van der Waals surface area contributed by atoms with Crippen molar-refractivity contribution in [2.45, 2.75) is 26.3 Å². The fraction of sp³-hybridized carbons (Fsp3) is 0.500. The molecule has 4 N–H and O–H groups in total. The number of aromatic hydroxyl groups is 1. The Hall–Kier alpha value is -1.22. The second kappa shape index (κ2) is 3.74. The predicted molar refractivity (Wildman–Crippen MR) is 61.8 cm³/mol. The molecule has 1 atom stereocenters. The molecular formula is C12H18N2O. The molecule has 1 aliphatic heterocycles. The number of nitrogen functional groups attached to an aromatic ring is 1. The molecule has 1 aromatic rings. The molecule has 0 saturated heterocycles. The van der Waals surface area contributed by atoms with Gasteiger partial charge in [-0.2, -0.15) is 0 Å². The minimum atomic E-state index is 0.308. The van der Waals surface area contributed by atoms with Crippen LogP contribution in [0.3, 0.4) is 0 Å². The third-order valence-electron chi connectivity index (χ3n) is 3.02. The Kier molecular flexibility index (Phi) is 2.57. The first-order chi connectivity index (χ1) is 7.09. The Bertz CT molecular complexity index is 374. The highest BCUT2D eigenvalue weighted by Gasteiger charge is 2.24. The molecule has 1 aromatic carbocycles. The summed E-state index contributed by atoms with van der Waals surface area (Å²) in [5.74, 6) is 0.849. The summed E-state index contributed by atoms with van der Waals surface area (Å²) in [6.07, 6.45) is 0.880. The quantitative estimate of drug-likeness (QED) is 0.614. The van der Waals surface area contributed by atoms with Gasteiger partial charge >= 0.3 is 0 Å². The molecule has 0 bridgehead atoms. The molecule has 0 radical (unpaired) electrons. The molecule has 15 heavy (non-hydrogen) atoms. The van der Waals surface area contributed by atoms with Crippen LogP contribution in [0, 0.1) is 5.92 Å². The molecule has 3 heteroatoms. The van der Waals surface area contributed by atoms with Gasteiger partial charge in [0.25, 0.3) is 0 Å². The molecule has 0 fully saturated rings. The number of phenols is 1. The average molecular weight is 206 g/mol. The van der Waals surface area contributed by atoms with Gasteiger partial charge in [-0.25, -0.2) is 0 Å². The zero-order chi connectivity index (χ0) is 11.0. The first-order valence-electron chi connectivity index (χ1n) is 5.44. The van der Waals surface area contributed by atoms with Gasteiger partial charge < -0.3 is 16.2 Å². The van der Waals surface area contributed by atoms with Gasteiger partial charge in [0.1, 0.15) is 5.75 Å². The summed E-state index contributed by atoms with van der Waals surface area (Å²) in [7, 11) is 0. The molecule has 3 nitrogen and oxygen atoms in total. The lowest BCUT2D eigenvalue weighted by Gasteiger charge is -2.30. The zero-order valence-corrected chi connectivity index (χ0v) is 9.25. The number of benzene rings is 1. The fourth-order valence-electron chi connectivity index (χ4n) is 2.31. The molecule has 2 rings (SSSR count). The Morgan fingerprint density at radius 1 is 1.47 bits per heavy atom. The van der Waals surface area contributed by atoms with Crippen molar-refractivity contribution < 1.29 is 5.11 Å². The summed E-state index contributed by atoms with van der Waals surface area (Å²) in [5, 5.41) is 13.3. The molecule has 0 aromatic heterocycles. The van der Waals surface area contributed by atoms with Gasteiger partial charge in [0, 0.05) is 23.4 Å². The van der Waals surface area contributed by atoms with E-state index in [4.69, 9.17) is 5.73 Å². The molecule has 1 aliphatic rings. The van der Waals surface area contributed by atoms with Crippen LogP contribution in [-0.2, 0) is 6.42 Å². The maximum Gasteiger partial charge on any atom is 0.121 e. The minimum absolute atomic E-state index is 0.308. The van der Waals surface area contributed by atoms with Crippen LogP contribution in [0.15, 0.2) is 12.1 Å². The maximum atomic E-state index is 9.83. The molecule has 82 valence electrons. The molecule has 1 unspecified atom stereocenters. The van der Waals surface area contributed by atoms with Crippen molar-refractivity contribution >= 4 is 5.69 Å². The van der Waals surface area contributed by atoms with E-state index in [9.17, 15) is 5.11 Å². The van der Waals surface area contributed by atoms with E-state index in [2.05, 4.69) is 19.2 Å². The van der Waals surface area contributed by atoms with E-state index < -0.39 is 0 Å². The number of rotatable bonds is 1. The highest BCUT2D eigenvalue weighted by Crippen LogP contribution is 2.35. The van der Waals surface area contributed by atoms with Gasteiger partial charge in [-0.1, -0.05) is 13.8 Å². The summed E-state index contributed by atoms with van der Waals surface area (Å²) in [4.78, 5) is 0. The Labute approximate surface area is 90.3 Å². The molecule has 0 spiro atoms. The molecular weight excluding hydrogens is 188 g/mol. The number of anilines is 1. The van der Waals surface area contributed by atoms with Crippen LogP contribution in [0.4, 0.5) is 5.69 Å². The van der Waals surface area contributed by atoms with Gasteiger partial charge in [-0.05, 0) is 30.5 Å². The van der Waals surface area contributed by atoms with Crippen LogP contribution >= 0.6 is 0 Å². The second-order valence-corrected chi connectivity index (χ2v) is 4.53. The van der Waals surface area contributed by atoms with Gasteiger partial charge in [-0.3, -0.25) is 0 Å². The average Bonchev–Trinajstić information content (AvgIpc) is 2.16. The standard InChI is InChI=1S/C12H18N2O/c1-7(2)12-10-5-8(13)6-11(15)9(10)3-4-14-12/h5-7,12,14-15H,3-4,13H2,1-2H3. The smallest absolute Gasteiger partial charge is 0.121 e. The lowest BCUT2D eigenvalue weighted by molar-refractivity contribution is 0.385. The number of hydrogen-bond acceptors (Lipinski definition) is 3.